The van der Waals surface area contributed by atoms with E-state index >= 15 is 0 Å². The normalized spacial score (nSPS) is 16.2. The van der Waals surface area contributed by atoms with E-state index in [1.54, 1.807) is 17.8 Å². The molecule has 0 bridgehead atoms. The number of hydrogen-bond donors (Lipinski definition) is 1. The van der Waals surface area contributed by atoms with Crippen LogP contribution >= 0.6 is 23.1 Å². The molecular weight excluding hydrogens is 438 g/mol. The number of aryl methyl sites for hydroxylation is 2. The number of pyridine rings is 1. The molecule has 0 fully saturated rings. The fourth-order valence-electron chi connectivity index (χ4n) is 4.75. The molecule has 1 unspecified atom stereocenters. The van der Waals surface area contributed by atoms with Gasteiger partial charge in [0.1, 0.15) is 10.7 Å². The monoisotopic (exact) mass is 461 g/mol. The number of aromatic amines is 1. The predicted octanol–water partition coefficient (Wildman–Crippen LogP) is 5.16. The van der Waals surface area contributed by atoms with Crippen LogP contribution in [0.5, 0.6) is 0 Å². The van der Waals surface area contributed by atoms with Crippen LogP contribution in [0, 0.1) is 5.92 Å². The molecule has 0 aliphatic heterocycles. The highest BCUT2D eigenvalue weighted by Gasteiger charge is 2.25. The third-order valence-electron chi connectivity index (χ3n) is 6.35. The third-order valence-corrected chi connectivity index (χ3v) is 8.47. The molecule has 1 atom stereocenters. The van der Waals surface area contributed by atoms with E-state index in [9.17, 15) is 4.79 Å². The van der Waals surface area contributed by atoms with Gasteiger partial charge in [-0.05, 0) is 42.4 Å². The molecule has 8 heteroatoms. The first kappa shape index (κ1) is 19.9. The Morgan fingerprint density at radius 2 is 2.16 bits per heavy atom. The second-order valence-electron chi connectivity index (χ2n) is 8.55. The minimum absolute atomic E-state index is 0.0813. The van der Waals surface area contributed by atoms with E-state index in [2.05, 4.69) is 33.4 Å². The van der Waals surface area contributed by atoms with Crippen molar-refractivity contribution < 1.29 is 0 Å². The summed E-state index contributed by atoms with van der Waals surface area (Å²) in [6.45, 7) is 4.46. The molecule has 4 aromatic heterocycles. The summed E-state index contributed by atoms with van der Waals surface area (Å²) in [6.07, 6.45) is 4.25. The topological polar surface area (TPSA) is 75.9 Å². The van der Waals surface area contributed by atoms with E-state index in [4.69, 9.17) is 4.98 Å². The average molecular weight is 462 g/mol. The van der Waals surface area contributed by atoms with Gasteiger partial charge in [0.25, 0.3) is 0 Å². The van der Waals surface area contributed by atoms with Gasteiger partial charge in [-0.2, -0.15) is 0 Å². The molecule has 0 saturated carbocycles. The van der Waals surface area contributed by atoms with E-state index < -0.39 is 0 Å². The molecule has 1 aromatic carbocycles. The zero-order chi connectivity index (χ0) is 21.8. The molecule has 1 N–H and O–H groups in total. The molecule has 0 radical (unpaired) electrons. The molecule has 0 saturated heterocycles. The largest absolute Gasteiger partial charge is 0.322 e. The first-order valence-corrected chi connectivity index (χ1v) is 12.8. The molecule has 6 nitrogen and oxygen atoms in total. The minimum Gasteiger partial charge on any atom is -0.322 e. The Bertz CT molecular complexity index is 1550. The fourth-order valence-corrected chi connectivity index (χ4v) is 7.09. The van der Waals surface area contributed by atoms with Crippen LogP contribution < -0.4 is 5.56 Å². The number of fused-ring (bicyclic) bond motifs is 6. The summed E-state index contributed by atoms with van der Waals surface area (Å²) < 4.78 is 2.13. The van der Waals surface area contributed by atoms with Crippen LogP contribution in [0.3, 0.4) is 0 Å². The molecular formula is C24H23N5OS2. The lowest BCUT2D eigenvalue weighted by Crippen LogP contribution is -2.09. The predicted molar refractivity (Wildman–Crippen MR) is 131 cm³/mol. The van der Waals surface area contributed by atoms with E-state index in [1.807, 2.05) is 35.6 Å². The standard InChI is InChI=1S/C24H23N5OS2/c1-3-19-26-23-21(16-9-8-13(2)10-18(16)32-23)22-27-28-24(29(19)22)31-12-14-11-20(30)25-17-7-5-4-6-15(14)17/h4-7,11,13H,3,8-10,12H2,1-2H3,(H,25,30). The Balaban J connectivity index is 1.45. The van der Waals surface area contributed by atoms with Crippen LogP contribution in [0.4, 0.5) is 0 Å². The van der Waals surface area contributed by atoms with Gasteiger partial charge in [-0.1, -0.05) is 43.8 Å². The van der Waals surface area contributed by atoms with Crippen molar-refractivity contribution in [1.82, 2.24) is 24.6 Å². The van der Waals surface area contributed by atoms with E-state index in [0.29, 0.717) is 5.75 Å². The number of aromatic nitrogens is 5. The van der Waals surface area contributed by atoms with Crippen LogP contribution in [0.2, 0.25) is 0 Å². The third kappa shape index (κ3) is 3.16. The summed E-state index contributed by atoms with van der Waals surface area (Å²) in [7, 11) is 0. The van der Waals surface area contributed by atoms with E-state index in [1.165, 1.54) is 22.2 Å². The molecule has 0 spiro atoms. The minimum atomic E-state index is -0.0813. The number of benzene rings is 1. The van der Waals surface area contributed by atoms with Crippen LogP contribution in [0.15, 0.2) is 40.3 Å². The zero-order valence-corrected chi connectivity index (χ0v) is 19.6. The van der Waals surface area contributed by atoms with Gasteiger partial charge >= 0.3 is 0 Å². The van der Waals surface area contributed by atoms with Gasteiger partial charge in [0.2, 0.25) is 5.56 Å². The summed E-state index contributed by atoms with van der Waals surface area (Å²) >= 11 is 3.44. The van der Waals surface area contributed by atoms with Crippen molar-refractivity contribution in [3.8, 4) is 0 Å². The Hall–Kier alpha value is -2.71. The summed E-state index contributed by atoms with van der Waals surface area (Å²) in [5.74, 6) is 2.36. The summed E-state index contributed by atoms with van der Waals surface area (Å²) in [4.78, 5) is 22.7. The van der Waals surface area contributed by atoms with Gasteiger partial charge in [0.15, 0.2) is 10.8 Å². The van der Waals surface area contributed by atoms with E-state index in [-0.39, 0.29) is 5.56 Å². The second-order valence-corrected chi connectivity index (χ2v) is 10.6. The van der Waals surface area contributed by atoms with Crippen molar-refractivity contribution >= 4 is 49.9 Å². The molecule has 162 valence electrons. The van der Waals surface area contributed by atoms with E-state index in [0.717, 1.165) is 63.1 Å². The van der Waals surface area contributed by atoms with Gasteiger partial charge in [0, 0.05) is 34.0 Å². The molecule has 1 aliphatic carbocycles. The maximum absolute atomic E-state index is 12.1. The molecule has 0 amide bonds. The lowest BCUT2D eigenvalue weighted by atomic mass is 9.89. The van der Waals surface area contributed by atoms with Crippen molar-refractivity contribution in [3.63, 3.8) is 0 Å². The highest BCUT2D eigenvalue weighted by Crippen LogP contribution is 2.40. The van der Waals surface area contributed by atoms with Crippen molar-refractivity contribution in [1.29, 1.82) is 0 Å². The Labute approximate surface area is 193 Å². The first-order valence-electron chi connectivity index (χ1n) is 11.0. The number of thioether (sulfide) groups is 1. The van der Waals surface area contributed by atoms with Gasteiger partial charge in [-0.15, -0.1) is 21.5 Å². The fraction of sp³-hybridized carbons (Fsp3) is 0.333. The van der Waals surface area contributed by atoms with Crippen molar-refractivity contribution in [2.45, 2.75) is 50.4 Å². The number of nitrogens with one attached hydrogen (secondary N) is 1. The van der Waals surface area contributed by atoms with Crippen LogP contribution in [-0.2, 0) is 25.0 Å². The molecule has 6 rings (SSSR count). The maximum atomic E-state index is 12.1. The molecule has 32 heavy (non-hydrogen) atoms. The van der Waals surface area contributed by atoms with Gasteiger partial charge in [-0.25, -0.2) is 4.98 Å². The first-order chi connectivity index (χ1) is 15.6. The quantitative estimate of drug-likeness (QED) is 0.374. The molecule has 1 aliphatic rings. The summed E-state index contributed by atoms with van der Waals surface area (Å²) in [5.41, 5.74) is 4.13. The van der Waals surface area contributed by atoms with Crippen LogP contribution in [0.25, 0.3) is 26.8 Å². The zero-order valence-electron chi connectivity index (χ0n) is 18.0. The lowest BCUT2D eigenvalue weighted by Gasteiger charge is -2.17. The Morgan fingerprint density at radius 3 is 3.03 bits per heavy atom. The van der Waals surface area contributed by atoms with Crippen molar-refractivity contribution in [2.24, 2.45) is 5.92 Å². The van der Waals surface area contributed by atoms with Gasteiger partial charge < -0.3 is 4.98 Å². The molecule has 5 aromatic rings. The number of nitrogens with zero attached hydrogens (tertiary/aromatic N) is 4. The summed E-state index contributed by atoms with van der Waals surface area (Å²) in [5, 5.41) is 12.3. The Kier molecular flexibility index (Phi) is 4.80. The summed E-state index contributed by atoms with van der Waals surface area (Å²) in [6, 6.07) is 9.61. The van der Waals surface area contributed by atoms with Crippen LogP contribution in [-0.4, -0.2) is 24.6 Å². The number of para-hydroxylation sites is 1. The SMILES string of the molecule is CCc1nc2sc3c(c2c2nnc(SCc4cc(=O)[nH]c5ccccc45)n12)CCC(C)C3. The number of rotatable bonds is 4. The van der Waals surface area contributed by atoms with Crippen molar-refractivity contribution in [2.75, 3.05) is 0 Å². The smallest absolute Gasteiger partial charge is 0.248 e. The second kappa shape index (κ2) is 7.71. The maximum Gasteiger partial charge on any atom is 0.248 e. The molecule has 4 heterocycles. The number of H-pyrrole nitrogens is 1. The van der Waals surface area contributed by atoms with Gasteiger partial charge in [-0.3, -0.25) is 9.20 Å². The average Bonchev–Trinajstić information content (AvgIpc) is 3.37. The highest BCUT2D eigenvalue weighted by atomic mass is 32.2. The van der Waals surface area contributed by atoms with Crippen molar-refractivity contribution in [3.05, 3.63) is 62.5 Å². The lowest BCUT2D eigenvalue weighted by molar-refractivity contribution is 0.509. The Morgan fingerprint density at radius 1 is 1.28 bits per heavy atom. The van der Waals surface area contributed by atoms with Crippen LogP contribution in [0.1, 0.15) is 42.1 Å². The van der Waals surface area contributed by atoms with Gasteiger partial charge in [0.05, 0.1) is 5.39 Å². The highest BCUT2D eigenvalue weighted by molar-refractivity contribution is 7.98. The number of thiophene rings is 1. The number of hydrogen-bond acceptors (Lipinski definition) is 6.